The number of anilines is 2. The van der Waals surface area contributed by atoms with E-state index >= 15 is 0 Å². The number of amides is 3. The maximum atomic E-state index is 13.5. The first kappa shape index (κ1) is 23.0. The molecule has 0 aliphatic carbocycles. The lowest BCUT2D eigenvalue weighted by molar-refractivity contribution is -0.144. The molecule has 2 aliphatic heterocycles. The number of urea groups is 1. The molecule has 180 valence electrons. The van der Waals surface area contributed by atoms with Crippen molar-refractivity contribution in [2.24, 2.45) is 5.41 Å². The molecule has 2 saturated heterocycles. The van der Waals surface area contributed by atoms with E-state index in [4.69, 9.17) is 0 Å². The van der Waals surface area contributed by atoms with Gasteiger partial charge in [-0.3, -0.25) is 4.79 Å². The Kier molecular flexibility index (Phi) is 5.75. The average molecular weight is 480 g/mol. The number of piperidine rings is 1. The van der Waals surface area contributed by atoms with Crippen molar-refractivity contribution >= 4 is 23.3 Å². The van der Waals surface area contributed by atoms with Gasteiger partial charge >= 0.3 is 12.2 Å². The molecule has 2 fully saturated rings. The van der Waals surface area contributed by atoms with Gasteiger partial charge in [-0.25, -0.2) is 4.79 Å². The van der Waals surface area contributed by atoms with E-state index in [1.54, 1.807) is 4.90 Å². The summed E-state index contributed by atoms with van der Waals surface area (Å²) in [5, 5.41) is 2.67. The normalized spacial score (nSPS) is 19.4. The second-order valence-electron chi connectivity index (χ2n) is 8.97. The van der Waals surface area contributed by atoms with E-state index in [1.807, 2.05) is 65.6 Å². The number of benzene rings is 3. The molecule has 2 heterocycles. The molecule has 1 N–H and O–H groups in total. The molecule has 5 rings (SSSR count). The fourth-order valence-corrected chi connectivity index (χ4v) is 5.15. The summed E-state index contributed by atoms with van der Waals surface area (Å²) in [5.74, 6) is 0.0559. The predicted octanol–water partition coefficient (Wildman–Crippen LogP) is 6.11. The van der Waals surface area contributed by atoms with Crippen LogP contribution in [-0.4, -0.2) is 29.9 Å². The summed E-state index contributed by atoms with van der Waals surface area (Å²) in [5.41, 5.74) is 0.829. The quantitative estimate of drug-likeness (QED) is 0.461. The van der Waals surface area contributed by atoms with Gasteiger partial charge in [0.25, 0.3) is 0 Å². The summed E-state index contributed by atoms with van der Waals surface area (Å²) in [6.45, 7) is 0.758. The van der Waals surface area contributed by atoms with Crippen molar-refractivity contribution in [2.45, 2.75) is 25.1 Å². The summed E-state index contributed by atoms with van der Waals surface area (Å²) in [4.78, 5) is 29.8. The molecule has 2 aliphatic rings. The number of para-hydroxylation sites is 1. The Hall–Kier alpha value is -3.81. The van der Waals surface area contributed by atoms with Gasteiger partial charge in [0.2, 0.25) is 5.91 Å². The summed E-state index contributed by atoms with van der Waals surface area (Å²) in [6.07, 6.45) is -3.41. The minimum absolute atomic E-state index is 0.0559. The largest absolute Gasteiger partial charge is 0.416 e. The SMILES string of the molecule is O=C(Nc1ccc(C(F)(F)F)cc1)N1CCC2(CC1)C(=O)N(c1ccccc1)C2c1ccccc1. The van der Waals surface area contributed by atoms with Crippen LogP contribution >= 0.6 is 0 Å². The van der Waals surface area contributed by atoms with Crippen LogP contribution in [0.2, 0.25) is 0 Å². The molecule has 1 unspecified atom stereocenters. The average Bonchev–Trinajstić information content (AvgIpc) is 2.87. The van der Waals surface area contributed by atoms with E-state index in [0.717, 1.165) is 23.4 Å². The zero-order valence-electron chi connectivity index (χ0n) is 18.8. The molecule has 0 radical (unpaired) electrons. The van der Waals surface area contributed by atoms with Gasteiger partial charge in [0.1, 0.15) is 0 Å². The van der Waals surface area contributed by atoms with Crippen molar-refractivity contribution < 1.29 is 22.8 Å². The zero-order valence-corrected chi connectivity index (χ0v) is 18.8. The van der Waals surface area contributed by atoms with Crippen molar-refractivity contribution in [3.05, 3.63) is 96.1 Å². The van der Waals surface area contributed by atoms with Crippen LogP contribution in [-0.2, 0) is 11.0 Å². The number of carbonyl (C=O) groups excluding carboxylic acids is 2. The van der Waals surface area contributed by atoms with Gasteiger partial charge in [0.15, 0.2) is 0 Å². The van der Waals surface area contributed by atoms with Gasteiger partial charge in [-0.15, -0.1) is 0 Å². The van der Waals surface area contributed by atoms with Crippen LogP contribution in [0.25, 0.3) is 0 Å². The number of halogens is 3. The van der Waals surface area contributed by atoms with Gasteiger partial charge in [0.05, 0.1) is 17.0 Å². The number of β-lactam (4-membered cyclic amide) rings is 1. The number of likely N-dealkylation sites (tertiary alicyclic amines) is 1. The Morgan fingerprint density at radius 3 is 2.00 bits per heavy atom. The molecule has 5 nitrogen and oxygen atoms in total. The van der Waals surface area contributed by atoms with Crippen LogP contribution in [0.1, 0.15) is 30.0 Å². The Morgan fingerprint density at radius 2 is 1.43 bits per heavy atom. The van der Waals surface area contributed by atoms with Crippen LogP contribution in [0, 0.1) is 5.41 Å². The van der Waals surface area contributed by atoms with Gasteiger partial charge in [-0.2, -0.15) is 13.2 Å². The fourth-order valence-electron chi connectivity index (χ4n) is 5.15. The third-order valence-corrected chi connectivity index (χ3v) is 6.98. The zero-order chi connectivity index (χ0) is 24.6. The Labute approximate surface area is 201 Å². The highest BCUT2D eigenvalue weighted by molar-refractivity contribution is 6.06. The molecule has 1 spiro atoms. The Bertz CT molecular complexity index is 1210. The lowest BCUT2D eigenvalue weighted by atomic mass is 9.62. The van der Waals surface area contributed by atoms with E-state index in [-0.39, 0.29) is 18.0 Å². The van der Waals surface area contributed by atoms with Gasteiger partial charge < -0.3 is 15.1 Å². The first-order valence-electron chi connectivity index (χ1n) is 11.5. The molecular weight excluding hydrogens is 455 g/mol. The first-order chi connectivity index (χ1) is 16.8. The van der Waals surface area contributed by atoms with Gasteiger partial charge in [0, 0.05) is 24.5 Å². The molecule has 3 aromatic rings. The molecule has 3 aromatic carbocycles. The lowest BCUT2D eigenvalue weighted by Crippen LogP contribution is -2.67. The smallest absolute Gasteiger partial charge is 0.324 e. The number of nitrogens with zero attached hydrogens (tertiary/aromatic N) is 2. The third-order valence-electron chi connectivity index (χ3n) is 6.98. The van der Waals surface area contributed by atoms with Crippen LogP contribution in [0.15, 0.2) is 84.9 Å². The molecule has 35 heavy (non-hydrogen) atoms. The highest BCUT2D eigenvalue weighted by Crippen LogP contribution is 2.57. The maximum absolute atomic E-state index is 13.5. The second kappa shape index (κ2) is 8.76. The van der Waals surface area contributed by atoms with E-state index in [0.29, 0.717) is 31.6 Å². The lowest BCUT2D eigenvalue weighted by Gasteiger charge is -2.59. The predicted molar refractivity (Wildman–Crippen MR) is 127 cm³/mol. The summed E-state index contributed by atoms with van der Waals surface area (Å²) in [6, 6.07) is 23.3. The van der Waals surface area contributed by atoms with E-state index in [2.05, 4.69) is 5.32 Å². The van der Waals surface area contributed by atoms with Crippen LogP contribution < -0.4 is 10.2 Å². The molecule has 0 bridgehead atoms. The van der Waals surface area contributed by atoms with E-state index < -0.39 is 17.2 Å². The first-order valence-corrected chi connectivity index (χ1v) is 11.5. The number of rotatable bonds is 3. The standard InChI is InChI=1S/C27H24F3N3O2/c28-27(29,30)20-11-13-21(14-12-20)31-25(35)32-17-15-26(16-18-32)23(19-7-3-1-4-8-19)33(24(26)34)22-9-5-2-6-10-22/h1-14,23H,15-18H2,(H,31,35). The van der Waals surface area contributed by atoms with E-state index in [9.17, 15) is 22.8 Å². The Balaban J connectivity index is 1.30. The van der Waals surface area contributed by atoms with E-state index in [1.165, 1.54) is 12.1 Å². The second-order valence-corrected chi connectivity index (χ2v) is 8.97. The van der Waals surface area contributed by atoms with Crippen molar-refractivity contribution in [2.75, 3.05) is 23.3 Å². The third kappa shape index (κ3) is 4.13. The van der Waals surface area contributed by atoms with Gasteiger partial charge in [-0.05, 0) is 54.8 Å². The van der Waals surface area contributed by atoms with Crippen molar-refractivity contribution in [3.8, 4) is 0 Å². The number of hydrogen-bond acceptors (Lipinski definition) is 2. The maximum Gasteiger partial charge on any atom is 0.416 e. The van der Waals surface area contributed by atoms with Crippen LogP contribution in [0.3, 0.4) is 0 Å². The molecule has 1 atom stereocenters. The Morgan fingerprint density at radius 1 is 0.857 bits per heavy atom. The van der Waals surface area contributed by atoms with Crippen LogP contribution in [0.4, 0.5) is 29.3 Å². The highest BCUT2D eigenvalue weighted by atomic mass is 19.4. The summed E-state index contributed by atoms with van der Waals surface area (Å²) >= 11 is 0. The van der Waals surface area contributed by atoms with Crippen molar-refractivity contribution in [1.82, 2.24) is 4.90 Å². The minimum atomic E-state index is -4.43. The minimum Gasteiger partial charge on any atom is -0.324 e. The highest BCUT2D eigenvalue weighted by Gasteiger charge is 2.62. The number of alkyl halides is 3. The molecule has 3 amide bonds. The topological polar surface area (TPSA) is 52.7 Å². The molecule has 8 heteroatoms. The van der Waals surface area contributed by atoms with Gasteiger partial charge in [-0.1, -0.05) is 48.5 Å². The summed E-state index contributed by atoms with van der Waals surface area (Å²) in [7, 11) is 0. The van der Waals surface area contributed by atoms with Crippen molar-refractivity contribution in [1.29, 1.82) is 0 Å². The number of nitrogens with one attached hydrogen (secondary N) is 1. The molecule has 0 aromatic heterocycles. The number of hydrogen-bond donors (Lipinski definition) is 1. The number of carbonyl (C=O) groups is 2. The molecule has 0 saturated carbocycles. The van der Waals surface area contributed by atoms with Crippen molar-refractivity contribution in [3.63, 3.8) is 0 Å². The summed E-state index contributed by atoms with van der Waals surface area (Å²) < 4.78 is 38.3. The fraction of sp³-hybridized carbons (Fsp3) is 0.259. The molecular formula is C27H24F3N3O2. The van der Waals surface area contributed by atoms with Crippen LogP contribution in [0.5, 0.6) is 0 Å². The monoisotopic (exact) mass is 479 g/mol.